The van der Waals surface area contributed by atoms with Crippen LogP contribution < -0.4 is 10.6 Å². The van der Waals surface area contributed by atoms with E-state index < -0.39 is 0 Å². The third-order valence-corrected chi connectivity index (χ3v) is 2.78. The lowest BCUT2D eigenvalue weighted by Crippen LogP contribution is -2.12. The highest BCUT2D eigenvalue weighted by atomic mass is 16.2. The molecular weight excluding hydrogens is 240 g/mol. The van der Waals surface area contributed by atoms with Gasteiger partial charge in [0.2, 0.25) is 11.8 Å². The molecule has 0 spiro atoms. The second-order valence-electron chi connectivity index (χ2n) is 4.48. The van der Waals surface area contributed by atoms with Crippen molar-refractivity contribution in [3.8, 4) is 0 Å². The topological polar surface area (TPSA) is 58.2 Å². The Labute approximate surface area is 114 Å². The zero-order valence-electron chi connectivity index (χ0n) is 11.7. The van der Waals surface area contributed by atoms with Crippen LogP contribution in [0.3, 0.4) is 0 Å². The van der Waals surface area contributed by atoms with E-state index in [9.17, 15) is 9.59 Å². The quantitative estimate of drug-likeness (QED) is 0.738. The maximum atomic E-state index is 11.6. The standard InChI is InChI=1S/C15H22N2O2/c1-3-5-6-7-15(19)17-13-10-8-12(9-11-13)16-14(18)4-2/h8-11H,3-7H2,1-2H3,(H,16,18)(H,17,19). The number of unbranched alkanes of at least 4 members (excludes halogenated alkanes) is 2. The average Bonchev–Trinajstić information content (AvgIpc) is 2.41. The first-order chi connectivity index (χ1) is 9.15. The van der Waals surface area contributed by atoms with Gasteiger partial charge in [0.15, 0.2) is 0 Å². The third-order valence-electron chi connectivity index (χ3n) is 2.78. The van der Waals surface area contributed by atoms with Crippen LogP contribution in [0.25, 0.3) is 0 Å². The van der Waals surface area contributed by atoms with E-state index >= 15 is 0 Å². The highest BCUT2D eigenvalue weighted by molar-refractivity contribution is 5.92. The Hall–Kier alpha value is -1.84. The number of amides is 2. The number of nitrogens with one attached hydrogen (secondary N) is 2. The van der Waals surface area contributed by atoms with E-state index in [1.807, 2.05) is 0 Å². The van der Waals surface area contributed by atoms with Crippen molar-refractivity contribution in [1.82, 2.24) is 0 Å². The van der Waals surface area contributed by atoms with Crippen LogP contribution in [0.1, 0.15) is 46.0 Å². The summed E-state index contributed by atoms with van der Waals surface area (Å²) in [5, 5.41) is 5.61. The number of carbonyl (C=O) groups is 2. The predicted octanol–water partition coefficient (Wildman–Crippen LogP) is 3.55. The summed E-state index contributed by atoms with van der Waals surface area (Å²) in [5.41, 5.74) is 1.51. The molecule has 4 nitrogen and oxygen atoms in total. The molecule has 0 aliphatic rings. The lowest BCUT2D eigenvalue weighted by Gasteiger charge is -2.07. The molecule has 0 fully saturated rings. The van der Waals surface area contributed by atoms with E-state index in [0.717, 1.165) is 30.6 Å². The molecule has 0 atom stereocenters. The summed E-state index contributed by atoms with van der Waals surface area (Å²) in [7, 11) is 0. The molecular formula is C15H22N2O2. The van der Waals surface area contributed by atoms with Gasteiger partial charge < -0.3 is 10.6 Å². The highest BCUT2D eigenvalue weighted by Crippen LogP contribution is 2.14. The Kier molecular flexibility index (Phi) is 6.64. The fourth-order valence-electron chi connectivity index (χ4n) is 1.65. The van der Waals surface area contributed by atoms with E-state index in [4.69, 9.17) is 0 Å². The minimum Gasteiger partial charge on any atom is -0.326 e. The maximum Gasteiger partial charge on any atom is 0.224 e. The summed E-state index contributed by atoms with van der Waals surface area (Å²) in [6.45, 7) is 3.92. The van der Waals surface area contributed by atoms with E-state index in [-0.39, 0.29) is 11.8 Å². The Morgan fingerprint density at radius 2 is 1.42 bits per heavy atom. The number of hydrogen-bond donors (Lipinski definition) is 2. The van der Waals surface area contributed by atoms with Gasteiger partial charge in [-0.3, -0.25) is 9.59 Å². The van der Waals surface area contributed by atoms with Gasteiger partial charge in [-0.05, 0) is 30.7 Å². The molecule has 1 aromatic carbocycles. The monoisotopic (exact) mass is 262 g/mol. The van der Waals surface area contributed by atoms with Crippen LogP contribution in [0.2, 0.25) is 0 Å². The van der Waals surface area contributed by atoms with Crippen molar-refractivity contribution in [3.63, 3.8) is 0 Å². The van der Waals surface area contributed by atoms with Crippen molar-refractivity contribution >= 4 is 23.2 Å². The smallest absolute Gasteiger partial charge is 0.224 e. The Morgan fingerprint density at radius 3 is 1.89 bits per heavy atom. The number of rotatable bonds is 7. The van der Waals surface area contributed by atoms with Gasteiger partial charge in [0.05, 0.1) is 0 Å². The molecule has 0 radical (unpaired) electrons. The fourth-order valence-corrected chi connectivity index (χ4v) is 1.65. The second kappa shape index (κ2) is 8.29. The molecule has 0 saturated heterocycles. The Bertz CT molecular complexity index is 413. The van der Waals surface area contributed by atoms with Gasteiger partial charge >= 0.3 is 0 Å². The largest absolute Gasteiger partial charge is 0.326 e. The van der Waals surface area contributed by atoms with Crippen LogP contribution in [-0.2, 0) is 9.59 Å². The molecule has 2 N–H and O–H groups in total. The molecule has 104 valence electrons. The van der Waals surface area contributed by atoms with E-state index in [0.29, 0.717) is 12.8 Å². The molecule has 4 heteroatoms. The van der Waals surface area contributed by atoms with E-state index in [1.165, 1.54) is 0 Å². The second-order valence-corrected chi connectivity index (χ2v) is 4.48. The summed E-state index contributed by atoms with van der Waals surface area (Å²) < 4.78 is 0. The summed E-state index contributed by atoms with van der Waals surface area (Å²) in [6.07, 6.45) is 4.12. The molecule has 0 unspecified atom stereocenters. The fraction of sp³-hybridized carbons (Fsp3) is 0.467. The lowest BCUT2D eigenvalue weighted by atomic mass is 10.2. The van der Waals surface area contributed by atoms with Crippen LogP contribution in [0.4, 0.5) is 11.4 Å². The van der Waals surface area contributed by atoms with Crippen molar-refractivity contribution in [3.05, 3.63) is 24.3 Å². The molecule has 19 heavy (non-hydrogen) atoms. The van der Waals surface area contributed by atoms with Gasteiger partial charge in [0.25, 0.3) is 0 Å². The minimum absolute atomic E-state index is 0.0173. The predicted molar refractivity (Wildman–Crippen MR) is 78.1 cm³/mol. The van der Waals surface area contributed by atoms with Crippen LogP contribution in [0.15, 0.2) is 24.3 Å². The first-order valence-corrected chi connectivity index (χ1v) is 6.85. The van der Waals surface area contributed by atoms with Gasteiger partial charge in [0, 0.05) is 24.2 Å². The minimum atomic E-state index is -0.0173. The molecule has 1 rings (SSSR count). The number of benzene rings is 1. The molecule has 0 bridgehead atoms. The summed E-state index contributed by atoms with van der Waals surface area (Å²) >= 11 is 0. The van der Waals surface area contributed by atoms with Gasteiger partial charge in [-0.15, -0.1) is 0 Å². The van der Waals surface area contributed by atoms with Crippen molar-refractivity contribution < 1.29 is 9.59 Å². The van der Waals surface area contributed by atoms with Gasteiger partial charge in [0.1, 0.15) is 0 Å². The van der Waals surface area contributed by atoms with Gasteiger partial charge in [-0.25, -0.2) is 0 Å². The van der Waals surface area contributed by atoms with Crippen molar-refractivity contribution in [1.29, 1.82) is 0 Å². The number of anilines is 2. The molecule has 0 aliphatic heterocycles. The SMILES string of the molecule is CCCCCC(=O)Nc1ccc(NC(=O)CC)cc1. The molecule has 0 saturated carbocycles. The first-order valence-electron chi connectivity index (χ1n) is 6.85. The number of carbonyl (C=O) groups excluding carboxylic acids is 2. The Balaban J connectivity index is 2.43. The zero-order valence-corrected chi connectivity index (χ0v) is 11.7. The Morgan fingerprint density at radius 1 is 0.895 bits per heavy atom. The van der Waals surface area contributed by atoms with Gasteiger partial charge in [-0.2, -0.15) is 0 Å². The van der Waals surface area contributed by atoms with E-state index in [2.05, 4.69) is 17.6 Å². The van der Waals surface area contributed by atoms with Crippen LogP contribution in [0, 0.1) is 0 Å². The first kappa shape index (κ1) is 15.2. The zero-order chi connectivity index (χ0) is 14.1. The maximum absolute atomic E-state index is 11.6. The average molecular weight is 262 g/mol. The van der Waals surface area contributed by atoms with E-state index in [1.54, 1.807) is 31.2 Å². The normalized spacial score (nSPS) is 10.0. The van der Waals surface area contributed by atoms with Crippen molar-refractivity contribution in [2.75, 3.05) is 10.6 Å². The molecule has 0 heterocycles. The molecule has 1 aromatic rings. The summed E-state index contributed by atoms with van der Waals surface area (Å²) in [5.74, 6) is 0.0233. The molecule has 2 amide bonds. The van der Waals surface area contributed by atoms with Crippen LogP contribution in [-0.4, -0.2) is 11.8 Å². The lowest BCUT2D eigenvalue weighted by molar-refractivity contribution is -0.117. The molecule has 0 aromatic heterocycles. The number of hydrogen-bond acceptors (Lipinski definition) is 2. The highest BCUT2D eigenvalue weighted by Gasteiger charge is 2.03. The van der Waals surface area contributed by atoms with Crippen LogP contribution >= 0.6 is 0 Å². The third kappa shape index (κ3) is 6.04. The van der Waals surface area contributed by atoms with Crippen LogP contribution in [0.5, 0.6) is 0 Å². The van der Waals surface area contributed by atoms with Gasteiger partial charge in [-0.1, -0.05) is 26.7 Å². The van der Waals surface area contributed by atoms with Crippen molar-refractivity contribution in [2.24, 2.45) is 0 Å². The van der Waals surface area contributed by atoms with Crippen molar-refractivity contribution in [2.45, 2.75) is 46.0 Å². The summed E-state index contributed by atoms with van der Waals surface area (Å²) in [6, 6.07) is 7.16. The summed E-state index contributed by atoms with van der Waals surface area (Å²) in [4.78, 5) is 22.8. The molecule has 0 aliphatic carbocycles.